The summed E-state index contributed by atoms with van der Waals surface area (Å²) in [7, 11) is 3.13. The summed E-state index contributed by atoms with van der Waals surface area (Å²) < 4.78 is 22.3. The Balaban J connectivity index is 1.65. The van der Waals surface area contributed by atoms with Gasteiger partial charge in [-0.15, -0.1) is 0 Å². The number of rotatable bonds is 10. The Bertz CT molecular complexity index is 762. The SMILES string of the molecule is COc1cc(C(=O)CCCN2CCOCC2)cc(OC)c1OCc1ccccc1. The molecule has 2 aromatic rings. The van der Waals surface area contributed by atoms with Crippen molar-refractivity contribution in [3.05, 3.63) is 53.6 Å². The molecule has 0 radical (unpaired) electrons. The van der Waals surface area contributed by atoms with E-state index in [4.69, 9.17) is 18.9 Å². The Labute approximate surface area is 172 Å². The van der Waals surface area contributed by atoms with Gasteiger partial charge in [0.2, 0.25) is 5.75 Å². The van der Waals surface area contributed by atoms with Crippen LogP contribution in [0.5, 0.6) is 17.2 Å². The van der Waals surface area contributed by atoms with Gasteiger partial charge in [0, 0.05) is 25.1 Å². The van der Waals surface area contributed by atoms with Crippen LogP contribution in [0.1, 0.15) is 28.8 Å². The lowest BCUT2D eigenvalue weighted by Gasteiger charge is -2.26. The highest BCUT2D eigenvalue weighted by atomic mass is 16.5. The normalized spacial score (nSPS) is 14.4. The predicted octanol–water partition coefficient (Wildman–Crippen LogP) is 3.58. The molecule has 0 aliphatic carbocycles. The fraction of sp³-hybridized carbons (Fsp3) is 0.435. The van der Waals surface area contributed by atoms with Crippen molar-refractivity contribution >= 4 is 5.78 Å². The number of morpholine rings is 1. The highest BCUT2D eigenvalue weighted by Crippen LogP contribution is 2.39. The third kappa shape index (κ3) is 5.95. The summed E-state index contributed by atoms with van der Waals surface area (Å²) in [6.07, 6.45) is 1.30. The van der Waals surface area contributed by atoms with Crippen LogP contribution in [0.2, 0.25) is 0 Å². The summed E-state index contributed by atoms with van der Waals surface area (Å²) in [6.45, 7) is 4.70. The van der Waals surface area contributed by atoms with Gasteiger partial charge in [0.15, 0.2) is 17.3 Å². The smallest absolute Gasteiger partial charge is 0.203 e. The molecule has 0 amide bonds. The summed E-state index contributed by atoms with van der Waals surface area (Å²) in [4.78, 5) is 15.0. The molecule has 1 aliphatic heterocycles. The number of hydrogen-bond acceptors (Lipinski definition) is 6. The lowest BCUT2D eigenvalue weighted by Crippen LogP contribution is -2.36. The molecule has 0 N–H and O–H groups in total. The van der Waals surface area contributed by atoms with Crippen LogP contribution in [-0.4, -0.2) is 57.8 Å². The molecule has 6 nitrogen and oxygen atoms in total. The van der Waals surface area contributed by atoms with E-state index in [1.54, 1.807) is 26.4 Å². The van der Waals surface area contributed by atoms with Crippen molar-refractivity contribution in [2.75, 3.05) is 47.1 Å². The Morgan fingerprint density at radius 1 is 1.03 bits per heavy atom. The summed E-state index contributed by atoms with van der Waals surface area (Å²) >= 11 is 0. The first-order valence-corrected chi connectivity index (χ1v) is 9.97. The molecule has 0 unspecified atom stereocenters. The standard InChI is InChI=1S/C23H29NO5/c1-26-21-15-19(20(25)9-6-10-24-11-13-28-14-12-24)16-22(27-2)23(21)29-17-18-7-4-3-5-8-18/h3-5,7-8,15-16H,6,9-14,17H2,1-2H3. The Kier molecular flexibility index (Phi) is 7.90. The monoisotopic (exact) mass is 399 g/mol. The molecule has 29 heavy (non-hydrogen) atoms. The molecule has 1 aliphatic rings. The van der Waals surface area contributed by atoms with Crippen LogP contribution in [0.15, 0.2) is 42.5 Å². The van der Waals surface area contributed by atoms with E-state index < -0.39 is 0 Å². The maximum atomic E-state index is 12.7. The van der Waals surface area contributed by atoms with Gasteiger partial charge in [-0.05, 0) is 30.7 Å². The lowest BCUT2D eigenvalue weighted by atomic mass is 10.0. The van der Waals surface area contributed by atoms with E-state index in [-0.39, 0.29) is 5.78 Å². The van der Waals surface area contributed by atoms with Gasteiger partial charge in [-0.25, -0.2) is 0 Å². The van der Waals surface area contributed by atoms with Crippen LogP contribution in [0.4, 0.5) is 0 Å². The predicted molar refractivity (Wildman–Crippen MR) is 111 cm³/mol. The largest absolute Gasteiger partial charge is 0.493 e. The van der Waals surface area contributed by atoms with Gasteiger partial charge in [0.1, 0.15) is 6.61 Å². The highest BCUT2D eigenvalue weighted by molar-refractivity contribution is 5.97. The van der Waals surface area contributed by atoms with Gasteiger partial charge in [0.05, 0.1) is 27.4 Å². The summed E-state index contributed by atoms with van der Waals surface area (Å²) in [5, 5.41) is 0. The van der Waals surface area contributed by atoms with Gasteiger partial charge >= 0.3 is 0 Å². The third-order valence-corrected chi connectivity index (χ3v) is 4.99. The Morgan fingerprint density at radius 2 is 1.69 bits per heavy atom. The Hall–Kier alpha value is -2.57. The molecule has 0 spiro atoms. The number of ether oxygens (including phenoxy) is 4. The van der Waals surface area contributed by atoms with Crippen LogP contribution < -0.4 is 14.2 Å². The molecule has 0 bridgehead atoms. The van der Waals surface area contributed by atoms with Crippen molar-refractivity contribution in [2.45, 2.75) is 19.4 Å². The molecule has 1 heterocycles. The maximum absolute atomic E-state index is 12.7. The molecule has 2 aromatic carbocycles. The highest BCUT2D eigenvalue weighted by Gasteiger charge is 2.18. The molecular formula is C23H29NO5. The van der Waals surface area contributed by atoms with Crippen LogP contribution in [0.25, 0.3) is 0 Å². The van der Waals surface area contributed by atoms with Crippen LogP contribution in [-0.2, 0) is 11.3 Å². The number of carbonyl (C=O) groups is 1. The van der Waals surface area contributed by atoms with Crippen molar-refractivity contribution in [3.63, 3.8) is 0 Å². The van der Waals surface area contributed by atoms with Gasteiger partial charge in [0.25, 0.3) is 0 Å². The van der Waals surface area contributed by atoms with Gasteiger partial charge in [-0.1, -0.05) is 30.3 Å². The zero-order valence-electron chi connectivity index (χ0n) is 17.2. The summed E-state index contributed by atoms with van der Waals surface area (Å²) in [5.41, 5.74) is 1.62. The van der Waals surface area contributed by atoms with Crippen LogP contribution in [0, 0.1) is 0 Å². The van der Waals surface area contributed by atoms with Crippen LogP contribution >= 0.6 is 0 Å². The first-order chi connectivity index (χ1) is 14.2. The minimum atomic E-state index is 0.0736. The van der Waals surface area contributed by atoms with Crippen molar-refractivity contribution in [2.24, 2.45) is 0 Å². The van der Waals surface area contributed by atoms with Crippen LogP contribution in [0.3, 0.4) is 0 Å². The third-order valence-electron chi connectivity index (χ3n) is 4.99. The van der Waals surface area contributed by atoms with E-state index in [1.165, 1.54) is 0 Å². The molecule has 0 saturated carbocycles. The molecular weight excluding hydrogens is 370 g/mol. The van der Waals surface area contributed by atoms with E-state index in [9.17, 15) is 4.79 Å². The molecule has 0 aromatic heterocycles. The van der Waals surface area contributed by atoms with E-state index in [1.807, 2.05) is 30.3 Å². The van der Waals surface area contributed by atoms with Gasteiger partial charge in [-0.3, -0.25) is 9.69 Å². The minimum absolute atomic E-state index is 0.0736. The number of hydrogen-bond donors (Lipinski definition) is 0. The van der Waals surface area contributed by atoms with Gasteiger partial charge < -0.3 is 18.9 Å². The van der Waals surface area contributed by atoms with Gasteiger partial charge in [-0.2, -0.15) is 0 Å². The first-order valence-electron chi connectivity index (χ1n) is 9.97. The second-order valence-electron chi connectivity index (χ2n) is 6.96. The van der Waals surface area contributed by atoms with Crippen molar-refractivity contribution < 1.29 is 23.7 Å². The quantitative estimate of drug-likeness (QED) is 0.569. The number of ketones is 1. The molecule has 0 atom stereocenters. The Morgan fingerprint density at radius 3 is 2.31 bits per heavy atom. The zero-order valence-corrected chi connectivity index (χ0v) is 17.2. The van der Waals surface area contributed by atoms with Crippen molar-refractivity contribution in [1.29, 1.82) is 0 Å². The second kappa shape index (κ2) is 10.8. The number of nitrogens with zero attached hydrogens (tertiary/aromatic N) is 1. The van der Waals surface area contributed by atoms with E-state index >= 15 is 0 Å². The number of carbonyl (C=O) groups excluding carboxylic acids is 1. The average Bonchev–Trinajstić information content (AvgIpc) is 2.78. The van der Waals surface area contributed by atoms with Crippen molar-refractivity contribution in [3.8, 4) is 17.2 Å². The van der Waals surface area contributed by atoms with Crippen molar-refractivity contribution in [1.82, 2.24) is 4.90 Å². The number of methoxy groups -OCH3 is 2. The fourth-order valence-electron chi connectivity index (χ4n) is 3.35. The summed E-state index contributed by atoms with van der Waals surface area (Å²) in [6, 6.07) is 13.3. The topological polar surface area (TPSA) is 57.2 Å². The first kappa shape index (κ1) is 21.1. The van der Waals surface area contributed by atoms with E-state index in [0.717, 1.165) is 44.8 Å². The molecule has 6 heteroatoms. The molecule has 1 fully saturated rings. The number of Topliss-reactive ketones (excluding diaryl/α,β-unsaturated/α-hetero) is 1. The number of benzene rings is 2. The summed E-state index contributed by atoms with van der Waals surface area (Å²) in [5.74, 6) is 1.57. The molecule has 156 valence electrons. The molecule has 3 rings (SSSR count). The lowest BCUT2D eigenvalue weighted by molar-refractivity contribution is 0.0371. The van der Waals surface area contributed by atoms with E-state index in [0.29, 0.717) is 35.8 Å². The second-order valence-corrected chi connectivity index (χ2v) is 6.96. The zero-order chi connectivity index (χ0) is 20.5. The maximum Gasteiger partial charge on any atom is 0.203 e. The molecule has 1 saturated heterocycles. The fourth-order valence-corrected chi connectivity index (χ4v) is 3.35. The van der Waals surface area contributed by atoms with E-state index in [2.05, 4.69) is 4.90 Å². The minimum Gasteiger partial charge on any atom is -0.493 e. The average molecular weight is 399 g/mol.